The Balaban J connectivity index is 2.17. The molecule has 0 radical (unpaired) electrons. The van der Waals surface area contributed by atoms with Gasteiger partial charge in [-0.2, -0.15) is 0 Å². The maximum absolute atomic E-state index is 11.4. The Bertz CT molecular complexity index is 373. The van der Waals surface area contributed by atoms with Crippen LogP contribution in [-0.4, -0.2) is 42.2 Å². The number of nitrogens with one attached hydrogen (secondary N) is 1. The molecule has 1 rings (SSSR count). The van der Waals surface area contributed by atoms with Crippen LogP contribution in [0.4, 0.5) is 0 Å². The second-order valence-corrected chi connectivity index (χ2v) is 4.56. The summed E-state index contributed by atoms with van der Waals surface area (Å²) in [6.45, 7) is 7.91. The van der Waals surface area contributed by atoms with Gasteiger partial charge in [-0.05, 0) is 27.0 Å². The minimum atomic E-state index is 0.0635. The summed E-state index contributed by atoms with van der Waals surface area (Å²) in [6, 6.07) is 5.82. The van der Waals surface area contributed by atoms with E-state index in [1.54, 1.807) is 16.7 Å². The van der Waals surface area contributed by atoms with Gasteiger partial charge in [-0.25, -0.2) is 0 Å². The van der Waals surface area contributed by atoms with Crippen molar-refractivity contribution in [3.8, 4) is 0 Å². The Hall–Kier alpha value is -1.13. The van der Waals surface area contributed by atoms with Gasteiger partial charge < -0.3 is 14.8 Å². The van der Waals surface area contributed by atoms with Gasteiger partial charge in [0.05, 0.1) is 0 Å². The van der Waals surface area contributed by atoms with Gasteiger partial charge in [-0.3, -0.25) is 4.79 Å². The molecular weight excluding hydrogens is 214 g/mol. The largest absolute Gasteiger partial charge is 0.314 e. The first-order valence-electron chi connectivity index (χ1n) is 6.17. The summed E-state index contributed by atoms with van der Waals surface area (Å²) in [5, 5.41) is 3.35. The SMILES string of the molecule is CC(C)N(C)CCNCCn1ccccc1=O. The predicted molar refractivity (Wildman–Crippen MR) is 71.3 cm³/mol. The number of rotatable bonds is 7. The van der Waals surface area contributed by atoms with Crippen molar-refractivity contribution in [3.63, 3.8) is 0 Å². The molecule has 1 aromatic heterocycles. The van der Waals surface area contributed by atoms with E-state index in [0.717, 1.165) is 26.2 Å². The Morgan fingerprint density at radius 3 is 2.76 bits per heavy atom. The molecule has 0 aromatic carbocycles. The smallest absolute Gasteiger partial charge is 0.250 e. The summed E-state index contributed by atoms with van der Waals surface area (Å²) >= 11 is 0. The molecule has 0 aliphatic carbocycles. The molecular formula is C13H23N3O. The highest BCUT2D eigenvalue weighted by molar-refractivity contribution is 4.93. The van der Waals surface area contributed by atoms with E-state index in [0.29, 0.717) is 6.04 Å². The van der Waals surface area contributed by atoms with E-state index >= 15 is 0 Å². The van der Waals surface area contributed by atoms with Gasteiger partial charge in [0.2, 0.25) is 0 Å². The molecule has 4 nitrogen and oxygen atoms in total. The summed E-state index contributed by atoms with van der Waals surface area (Å²) in [6.07, 6.45) is 1.82. The standard InChI is InChI=1S/C13H23N3O/c1-12(2)15(3)10-7-14-8-11-16-9-5-4-6-13(16)17/h4-6,9,12,14H,7-8,10-11H2,1-3H3. The van der Waals surface area contributed by atoms with Gasteiger partial charge in [0.25, 0.3) is 5.56 Å². The fourth-order valence-electron chi connectivity index (χ4n) is 1.48. The van der Waals surface area contributed by atoms with Crippen LogP contribution in [0, 0.1) is 0 Å². The molecule has 1 heterocycles. The monoisotopic (exact) mass is 237 g/mol. The summed E-state index contributed by atoms with van der Waals surface area (Å²) in [5.74, 6) is 0. The molecule has 1 N–H and O–H groups in total. The lowest BCUT2D eigenvalue weighted by molar-refractivity contribution is 0.273. The molecule has 0 bridgehead atoms. The van der Waals surface area contributed by atoms with Crippen molar-refractivity contribution in [1.29, 1.82) is 0 Å². The van der Waals surface area contributed by atoms with E-state index in [1.807, 2.05) is 12.3 Å². The Kier molecular flexibility index (Phi) is 5.94. The molecule has 0 aliphatic heterocycles. The van der Waals surface area contributed by atoms with E-state index in [2.05, 4.69) is 31.1 Å². The predicted octanol–water partition coefficient (Wildman–Crippen LogP) is 0.778. The van der Waals surface area contributed by atoms with Crippen LogP contribution >= 0.6 is 0 Å². The van der Waals surface area contributed by atoms with Gasteiger partial charge in [0, 0.05) is 44.5 Å². The summed E-state index contributed by atoms with van der Waals surface area (Å²) in [7, 11) is 2.12. The molecule has 0 atom stereocenters. The van der Waals surface area contributed by atoms with Crippen LogP contribution in [0.2, 0.25) is 0 Å². The molecule has 96 valence electrons. The van der Waals surface area contributed by atoms with Crippen LogP contribution in [0.1, 0.15) is 13.8 Å². The third kappa shape index (κ3) is 5.15. The fraction of sp³-hybridized carbons (Fsp3) is 0.615. The second-order valence-electron chi connectivity index (χ2n) is 4.56. The van der Waals surface area contributed by atoms with Gasteiger partial charge >= 0.3 is 0 Å². The van der Waals surface area contributed by atoms with Crippen molar-refractivity contribution in [2.75, 3.05) is 26.7 Å². The number of likely N-dealkylation sites (N-methyl/N-ethyl adjacent to an activating group) is 1. The average Bonchev–Trinajstić information content (AvgIpc) is 2.30. The fourth-order valence-corrected chi connectivity index (χ4v) is 1.48. The number of hydrogen-bond donors (Lipinski definition) is 1. The summed E-state index contributed by atoms with van der Waals surface area (Å²) in [4.78, 5) is 13.7. The third-order valence-corrected chi connectivity index (χ3v) is 2.95. The first kappa shape index (κ1) is 13.9. The molecule has 0 unspecified atom stereocenters. The van der Waals surface area contributed by atoms with Crippen LogP contribution < -0.4 is 10.9 Å². The van der Waals surface area contributed by atoms with Crippen molar-refractivity contribution in [1.82, 2.24) is 14.8 Å². The van der Waals surface area contributed by atoms with Gasteiger partial charge in [-0.15, -0.1) is 0 Å². The van der Waals surface area contributed by atoms with Gasteiger partial charge in [-0.1, -0.05) is 6.07 Å². The van der Waals surface area contributed by atoms with Crippen LogP contribution in [0.25, 0.3) is 0 Å². The maximum Gasteiger partial charge on any atom is 0.250 e. The van der Waals surface area contributed by atoms with Crippen molar-refractivity contribution < 1.29 is 0 Å². The zero-order chi connectivity index (χ0) is 12.7. The quantitative estimate of drug-likeness (QED) is 0.712. The van der Waals surface area contributed by atoms with Crippen LogP contribution in [0.3, 0.4) is 0 Å². The number of nitrogens with zero attached hydrogens (tertiary/aromatic N) is 2. The van der Waals surface area contributed by atoms with Gasteiger partial charge in [0.1, 0.15) is 0 Å². The molecule has 0 aliphatic rings. The molecule has 17 heavy (non-hydrogen) atoms. The lowest BCUT2D eigenvalue weighted by Crippen LogP contribution is -2.35. The topological polar surface area (TPSA) is 37.3 Å². The third-order valence-electron chi connectivity index (χ3n) is 2.95. The summed E-state index contributed by atoms with van der Waals surface area (Å²) in [5.41, 5.74) is 0.0635. The van der Waals surface area contributed by atoms with Crippen molar-refractivity contribution in [2.24, 2.45) is 0 Å². The number of aromatic nitrogens is 1. The van der Waals surface area contributed by atoms with E-state index in [1.165, 1.54) is 0 Å². The Morgan fingerprint density at radius 2 is 2.12 bits per heavy atom. The first-order chi connectivity index (χ1) is 8.11. The molecule has 0 saturated carbocycles. The summed E-state index contributed by atoms with van der Waals surface area (Å²) < 4.78 is 1.72. The second kappa shape index (κ2) is 7.25. The van der Waals surface area contributed by atoms with Crippen LogP contribution in [-0.2, 0) is 6.54 Å². The molecule has 4 heteroatoms. The van der Waals surface area contributed by atoms with Crippen molar-refractivity contribution in [2.45, 2.75) is 26.4 Å². The first-order valence-corrected chi connectivity index (χ1v) is 6.17. The molecule has 0 amide bonds. The molecule has 1 aromatic rings. The van der Waals surface area contributed by atoms with E-state index in [9.17, 15) is 4.79 Å². The van der Waals surface area contributed by atoms with E-state index < -0.39 is 0 Å². The minimum absolute atomic E-state index is 0.0635. The Morgan fingerprint density at radius 1 is 1.35 bits per heavy atom. The average molecular weight is 237 g/mol. The van der Waals surface area contributed by atoms with Crippen molar-refractivity contribution in [3.05, 3.63) is 34.7 Å². The van der Waals surface area contributed by atoms with E-state index in [4.69, 9.17) is 0 Å². The lowest BCUT2D eigenvalue weighted by Gasteiger charge is -2.20. The highest BCUT2D eigenvalue weighted by Gasteiger charge is 2.01. The van der Waals surface area contributed by atoms with Crippen LogP contribution in [0.5, 0.6) is 0 Å². The van der Waals surface area contributed by atoms with Crippen molar-refractivity contribution >= 4 is 0 Å². The molecule has 0 spiro atoms. The normalized spacial score (nSPS) is 11.4. The zero-order valence-electron chi connectivity index (χ0n) is 11.0. The maximum atomic E-state index is 11.4. The Labute approximate surface area is 103 Å². The molecule has 0 fully saturated rings. The number of hydrogen-bond acceptors (Lipinski definition) is 3. The number of pyridine rings is 1. The van der Waals surface area contributed by atoms with Gasteiger partial charge in [0.15, 0.2) is 0 Å². The highest BCUT2D eigenvalue weighted by Crippen LogP contribution is 1.90. The zero-order valence-corrected chi connectivity index (χ0v) is 11.0. The molecule has 0 saturated heterocycles. The lowest BCUT2D eigenvalue weighted by atomic mass is 10.3. The minimum Gasteiger partial charge on any atom is -0.314 e. The van der Waals surface area contributed by atoms with E-state index in [-0.39, 0.29) is 5.56 Å². The highest BCUT2D eigenvalue weighted by atomic mass is 16.1. The van der Waals surface area contributed by atoms with Crippen LogP contribution in [0.15, 0.2) is 29.2 Å².